The Labute approximate surface area is 86.3 Å². The molecule has 14 heavy (non-hydrogen) atoms. The van der Waals surface area contributed by atoms with E-state index in [1.807, 2.05) is 0 Å². The molecule has 2 N–H and O–H groups in total. The van der Waals surface area contributed by atoms with Crippen LogP contribution in [0, 0.1) is 0 Å². The lowest BCUT2D eigenvalue weighted by molar-refractivity contribution is 0.0697. The van der Waals surface area contributed by atoms with Gasteiger partial charge in [0.2, 0.25) is 0 Å². The summed E-state index contributed by atoms with van der Waals surface area (Å²) in [4.78, 5) is 10.6. The first-order chi connectivity index (χ1) is 6.63. The average molecular weight is 213 g/mol. The molecule has 0 heterocycles. The Bertz CT molecular complexity index is 372. The lowest BCUT2D eigenvalue weighted by atomic mass is 10.1. The van der Waals surface area contributed by atoms with Gasteiger partial charge in [0.25, 0.3) is 0 Å². The van der Waals surface area contributed by atoms with Gasteiger partial charge in [-0.3, -0.25) is 0 Å². The number of rotatable bonds is 3. The van der Waals surface area contributed by atoms with E-state index in [0.717, 1.165) is 0 Å². The number of aromatic carboxylic acids is 1. The summed E-state index contributed by atoms with van der Waals surface area (Å²) < 4.78 is 0. The molecule has 0 saturated heterocycles. The quantitative estimate of drug-likeness (QED) is 0.806. The molecule has 0 spiro atoms. The van der Waals surface area contributed by atoms with Crippen LogP contribution in [0.2, 0.25) is 5.02 Å². The number of carboxylic acids is 1. The number of halogens is 1. The topological polar surface area (TPSA) is 57.5 Å². The van der Waals surface area contributed by atoms with Crippen molar-refractivity contribution in [3.63, 3.8) is 0 Å². The Hall–Kier alpha value is -1.32. The lowest BCUT2D eigenvalue weighted by Crippen LogP contribution is -1.96. The van der Waals surface area contributed by atoms with E-state index >= 15 is 0 Å². The first-order valence-electron chi connectivity index (χ1n) is 3.95. The zero-order valence-corrected chi connectivity index (χ0v) is 8.03. The van der Waals surface area contributed by atoms with Crippen molar-refractivity contribution in [3.8, 4) is 0 Å². The second kappa shape index (κ2) is 4.79. The number of benzene rings is 1. The largest absolute Gasteiger partial charge is 0.478 e. The van der Waals surface area contributed by atoms with Crippen LogP contribution in [-0.4, -0.2) is 22.8 Å². The van der Waals surface area contributed by atoms with E-state index in [1.165, 1.54) is 18.2 Å². The fraction of sp³-hybridized carbons (Fsp3) is 0.100. The number of hydrogen-bond acceptors (Lipinski definition) is 2. The number of hydrogen-bond donors (Lipinski definition) is 2. The Balaban J connectivity index is 3.07. The Morgan fingerprint density at radius 3 is 2.71 bits per heavy atom. The van der Waals surface area contributed by atoms with Gasteiger partial charge in [-0.1, -0.05) is 23.8 Å². The highest BCUT2D eigenvalue weighted by Gasteiger charge is 2.04. The molecule has 0 saturated carbocycles. The van der Waals surface area contributed by atoms with Crippen LogP contribution in [0.5, 0.6) is 0 Å². The van der Waals surface area contributed by atoms with E-state index in [1.54, 1.807) is 12.1 Å². The van der Waals surface area contributed by atoms with Crippen LogP contribution in [-0.2, 0) is 0 Å². The lowest BCUT2D eigenvalue weighted by Gasteiger charge is -1.98. The fourth-order valence-corrected chi connectivity index (χ4v) is 1.26. The van der Waals surface area contributed by atoms with Crippen LogP contribution in [0.1, 0.15) is 15.9 Å². The standard InChI is InChI=1S/C10H9ClO3/c11-9-5-7(2-1-3-12)4-8(6-9)10(13)14/h1-2,4-6,12H,3H2,(H,13,14). The molecule has 3 nitrogen and oxygen atoms in total. The monoisotopic (exact) mass is 212 g/mol. The molecule has 0 radical (unpaired) electrons. The van der Waals surface area contributed by atoms with Crippen LogP contribution in [0.4, 0.5) is 0 Å². The summed E-state index contributed by atoms with van der Waals surface area (Å²) in [5, 5.41) is 17.6. The molecule has 0 unspecified atom stereocenters. The molecular formula is C10H9ClO3. The van der Waals surface area contributed by atoms with Gasteiger partial charge in [-0.25, -0.2) is 4.79 Å². The molecule has 1 aromatic carbocycles. The summed E-state index contributed by atoms with van der Waals surface area (Å²) >= 11 is 5.71. The summed E-state index contributed by atoms with van der Waals surface area (Å²) in [7, 11) is 0. The average Bonchev–Trinajstić information content (AvgIpc) is 2.14. The van der Waals surface area contributed by atoms with Crippen molar-refractivity contribution in [1.29, 1.82) is 0 Å². The highest BCUT2D eigenvalue weighted by molar-refractivity contribution is 6.31. The minimum absolute atomic E-state index is 0.0884. The predicted octanol–water partition coefficient (Wildman–Crippen LogP) is 2.04. The number of carbonyl (C=O) groups is 1. The number of carboxylic acid groups (broad SMARTS) is 1. The van der Waals surface area contributed by atoms with Crippen molar-refractivity contribution in [3.05, 3.63) is 40.4 Å². The van der Waals surface area contributed by atoms with E-state index in [4.69, 9.17) is 21.8 Å². The van der Waals surface area contributed by atoms with Gasteiger partial charge >= 0.3 is 5.97 Å². The van der Waals surface area contributed by atoms with Crippen molar-refractivity contribution in [2.24, 2.45) is 0 Å². The molecule has 0 bridgehead atoms. The van der Waals surface area contributed by atoms with E-state index < -0.39 is 5.97 Å². The van der Waals surface area contributed by atoms with Crippen molar-refractivity contribution in [1.82, 2.24) is 0 Å². The first kappa shape index (κ1) is 10.8. The van der Waals surface area contributed by atoms with Gasteiger partial charge in [-0.15, -0.1) is 0 Å². The summed E-state index contributed by atoms with van der Waals surface area (Å²) in [6, 6.07) is 4.49. The molecule has 4 heteroatoms. The Morgan fingerprint density at radius 2 is 2.14 bits per heavy atom. The minimum atomic E-state index is -1.02. The molecule has 0 aliphatic carbocycles. The van der Waals surface area contributed by atoms with E-state index in [9.17, 15) is 4.79 Å². The highest BCUT2D eigenvalue weighted by atomic mass is 35.5. The normalized spacial score (nSPS) is 10.7. The van der Waals surface area contributed by atoms with Crippen molar-refractivity contribution in [2.45, 2.75) is 0 Å². The Kier molecular flexibility index (Phi) is 3.68. The molecule has 0 aliphatic rings. The van der Waals surface area contributed by atoms with Crippen LogP contribution >= 0.6 is 11.6 Å². The van der Waals surface area contributed by atoms with Crippen LogP contribution < -0.4 is 0 Å². The second-order valence-corrected chi connectivity index (χ2v) is 3.10. The van der Waals surface area contributed by atoms with Gasteiger partial charge in [0.1, 0.15) is 0 Å². The molecule has 0 amide bonds. The Morgan fingerprint density at radius 1 is 1.43 bits per heavy atom. The predicted molar refractivity (Wildman–Crippen MR) is 54.5 cm³/mol. The van der Waals surface area contributed by atoms with Crippen LogP contribution in [0.25, 0.3) is 6.08 Å². The van der Waals surface area contributed by atoms with Crippen LogP contribution in [0.15, 0.2) is 24.3 Å². The molecule has 0 fully saturated rings. The van der Waals surface area contributed by atoms with E-state index in [-0.39, 0.29) is 12.2 Å². The van der Waals surface area contributed by atoms with Crippen molar-refractivity contribution >= 4 is 23.6 Å². The molecule has 1 aromatic rings. The van der Waals surface area contributed by atoms with Gasteiger partial charge in [-0.05, 0) is 23.8 Å². The molecule has 0 aromatic heterocycles. The van der Waals surface area contributed by atoms with Gasteiger partial charge in [0.05, 0.1) is 12.2 Å². The number of aliphatic hydroxyl groups excluding tert-OH is 1. The SMILES string of the molecule is O=C(O)c1cc(Cl)cc(C=CCO)c1. The molecule has 0 aliphatic heterocycles. The van der Waals surface area contributed by atoms with Crippen LogP contribution in [0.3, 0.4) is 0 Å². The van der Waals surface area contributed by atoms with E-state index in [2.05, 4.69) is 0 Å². The zero-order chi connectivity index (χ0) is 10.6. The van der Waals surface area contributed by atoms with Crippen molar-refractivity contribution in [2.75, 3.05) is 6.61 Å². The molecule has 74 valence electrons. The summed E-state index contributed by atoms with van der Waals surface area (Å²) in [6.07, 6.45) is 3.12. The molecule has 0 atom stereocenters. The van der Waals surface area contributed by atoms with Gasteiger partial charge in [-0.2, -0.15) is 0 Å². The fourth-order valence-electron chi connectivity index (χ4n) is 1.02. The van der Waals surface area contributed by atoms with Crippen molar-refractivity contribution < 1.29 is 15.0 Å². The second-order valence-electron chi connectivity index (χ2n) is 2.66. The van der Waals surface area contributed by atoms with Gasteiger partial charge in [0, 0.05) is 5.02 Å². The highest BCUT2D eigenvalue weighted by Crippen LogP contribution is 2.16. The minimum Gasteiger partial charge on any atom is -0.478 e. The third-order valence-corrected chi connectivity index (χ3v) is 1.80. The summed E-state index contributed by atoms with van der Waals surface area (Å²) in [5.41, 5.74) is 0.791. The number of aliphatic hydroxyl groups is 1. The zero-order valence-electron chi connectivity index (χ0n) is 7.27. The maximum absolute atomic E-state index is 10.6. The third kappa shape index (κ3) is 2.87. The molecular weight excluding hydrogens is 204 g/mol. The maximum Gasteiger partial charge on any atom is 0.335 e. The first-order valence-corrected chi connectivity index (χ1v) is 4.32. The third-order valence-electron chi connectivity index (χ3n) is 1.58. The van der Waals surface area contributed by atoms with E-state index in [0.29, 0.717) is 10.6 Å². The summed E-state index contributed by atoms with van der Waals surface area (Å²) in [6.45, 7) is -0.0884. The van der Waals surface area contributed by atoms with Gasteiger partial charge < -0.3 is 10.2 Å². The maximum atomic E-state index is 10.6. The molecule has 1 rings (SSSR count). The summed E-state index contributed by atoms with van der Waals surface area (Å²) in [5.74, 6) is -1.02. The van der Waals surface area contributed by atoms with Gasteiger partial charge in [0.15, 0.2) is 0 Å². The smallest absolute Gasteiger partial charge is 0.335 e.